The van der Waals surface area contributed by atoms with Gasteiger partial charge in [-0.15, -0.1) is 0 Å². The lowest BCUT2D eigenvalue weighted by Crippen LogP contribution is -2.47. The highest BCUT2D eigenvalue weighted by atomic mass is 16.6. The summed E-state index contributed by atoms with van der Waals surface area (Å²) in [5, 5.41) is 19.3. The molecule has 7 nitrogen and oxygen atoms in total. The Hall–Kier alpha value is -1.28. The van der Waals surface area contributed by atoms with Gasteiger partial charge in [-0.3, -0.25) is 14.5 Å². The monoisotopic (exact) mass is 285 g/mol. The Morgan fingerprint density at radius 1 is 1.50 bits per heavy atom. The second-order valence-electron chi connectivity index (χ2n) is 4.83. The van der Waals surface area contributed by atoms with E-state index < -0.39 is 30.4 Å². The molecule has 0 unspecified atom stereocenters. The van der Waals surface area contributed by atoms with Gasteiger partial charge in [0, 0.05) is 12.8 Å². The summed E-state index contributed by atoms with van der Waals surface area (Å²) in [6, 6.07) is 0. The molecule has 0 radical (unpaired) electrons. The molecular formula is C13H19NO6. The van der Waals surface area contributed by atoms with Crippen LogP contribution in [0.3, 0.4) is 0 Å². The van der Waals surface area contributed by atoms with Gasteiger partial charge in [0.15, 0.2) is 12.0 Å². The van der Waals surface area contributed by atoms with Crippen molar-refractivity contribution >= 4 is 11.7 Å². The topological polar surface area (TPSA) is 96.3 Å². The van der Waals surface area contributed by atoms with Crippen LogP contribution in [-0.2, 0) is 19.1 Å². The number of rotatable bonds is 5. The van der Waals surface area contributed by atoms with Crippen LogP contribution in [0.2, 0.25) is 0 Å². The first-order chi connectivity index (χ1) is 9.58. The largest absolute Gasteiger partial charge is 0.394 e. The number of ether oxygens (including phenoxy) is 2. The predicted molar refractivity (Wildman–Crippen MR) is 67.4 cm³/mol. The Bertz CT molecular complexity index is 410. The normalized spacial score (nSPS) is 34.0. The second kappa shape index (κ2) is 6.45. The van der Waals surface area contributed by atoms with Gasteiger partial charge in [-0.1, -0.05) is 6.92 Å². The molecule has 0 spiro atoms. The fraction of sp³-hybridized carbons (Fsp3) is 0.692. The maximum Gasteiger partial charge on any atom is 0.236 e. The summed E-state index contributed by atoms with van der Waals surface area (Å²) in [5.74, 6) is -0.673. The summed E-state index contributed by atoms with van der Waals surface area (Å²) in [5.41, 5.74) is 0. The van der Waals surface area contributed by atoms with Gasteiger partial charge >= 0.3 is 0 Å². The highest BCUT2D eigenvalue weighted by molar-refractivity contribution is 6.06. The lowest BCUT2D eigenvalue weighted by molar-refractivity contribution is -0.151. The van der Waals surface area contributed by atoms with E-state index in [2.05, 4.69) is 0 Å². The third-order valence-corrected chi connectivity index (χ3v) is 3.32. The molecule has 2 rings (SSSR count). The Morgan fingerprint density at radius 2 is 2.25 bits per heavy atom. The van der Waals surface area contributed by atoms with Gasteiger partial charge in [0.05, 0.1) is 13.0 Å². The van der Waals surface area contributed by atoms with E-state index in [1.165, 1.54) is 17.2 Å². The SMILES string of the molecule is CCCO[C@@H]1[C@H](O)[C@@H](CO)O[C@H]1N1C=CC(=O)CC1=O. The molecule has 0 aromatic heterocycles. The second-order valence-corrected chi connectivity index (χ2v) is 4.83. The number of aliphatic hydroxyl groups excluding tert-OH is 2. The highest BCUT2D eigenvalue weighted by Crippen LogP contribution is 2.28. The van der Waals surface area contributed by atoms with Crippen LogP contribution < -0.4 is 0 Å². The average molecular weight is 285 g/mol. The molecule has 2 aliphatic heterocycles. The van der Waals surface area contributed by atoms with E-state index in [0.717, 1.165) is 6.42 Å². The molecule has 0 bridgehead atoms. The lowest BCUT2D eigenvalue weighted by atomic mass is 10.1. The third-order valence-electron chi connectivity index (χ3n) is 3.32. The van der Waals surface area contributed by atoms with Crippen molar-refractivity contribution in [3.05, 3.63) is 12.3 Å². The smallest absolute Gasteiger partial charge is 0.236 e. The van der Waals surface area contributed by atoms with E-state index in [1.807, 2.05) is 6.92 Å². The van der Waals surface area contributed by atoms with E-state index in [-0.39, 0.29) is 18.8 Å². The lowest BCUT2D eigenvalue weighted by Gasteiger charge is -2.30. The van der Waals surface area contributed by atoms with Crippen molar-refractivity contribution in [2.24, 2.45) is 0 Å². The van der Waals surface area contributed by atoms with Crippen LogP contribution in [0.25, 0.3) is 0 Å². The summed E-state index contributed by atoms with van der Waals surface area (Å²) in [4.78, 5) is 24.3. The van der Waals surface area contributed by atoms with Crippen LogP contribution in [0.5, 0.6) is 0 Å². The van der Waals surface area contributed by atoms with Crippen molar-refractivity contribution in [3.63, 3.8) is 0 Å². The van der Waals surface area contributed by atoms with Gasteiger partial charge in [0.25, 0.3) is 0 Å². The number of carbonyl (C=O) groups excluding carboxylic acids is 2. The molecule has 0 saturated carbocycles. The number of ketones is 1. The molecule has 2 N–H and O–H groups in total. The third kappa shape index (κ3) is 2.90. The van der Waals surface area contributed by atoms with E-state index >= 15 is 0 Å². The molecule has 112 valence electrons. The number of hydrogen-bond donors (Lipinski definition) is 2. The van der Waals surface area contributed by atoms with Crippen molar-refractivity contribution in [2.45, 2.75) is 44.3 Å². The number of amides is 1. The maximum atomic E-state index is 11.9. The molecule has 1 saturated heterocycles. The van der Waals surface area contributed by atoms with Crippen molar-refractivity contribution in [1.82, 2.24) is 4.90 Å². The minimum absolute atomic E-state index is 0.225. The predicted octanol–water partition coefficient (Wildman–Crippen LogP) is -0.825. The van der Waals surface area contributed by atoms with Crippen molar-refractivity contribution in [2.75, 3.05) is 13.2 Å². The first-order valence-electron chi connectivity index (χ1n) is 6.66. The average Bonchev–Trinajstić information content (AvgIpc) is 2.73. The van der Waals surface area contributed by atoms with Gasteiger partial charge < -0.3 is 19.7 Å². The number of hydrogen-bond acceptors (Lipinski definition) is 6. The van der Waals surface area contributed by atoms with Crippen LogP contribution in [0.1, 0.15) is 19.8 Å². The molecule has 1 fully saturated rings. The molecule has 2 aliphatic rings. The standard InChI is InChI=1S/C13H19NO6/c1-2-5-19-12-11(18)9(7-15)20-13(12)14-4-3-8(16)6-10(14)17/h3-4,9,11-13,15,18H,2,5-7H2,1H3/t9-,11-,12-,13-/m1/s1. The first-order valence-corrected chi connectivity index (χ1v) is 6.66. The molecular weight excluding hydrogens is 266 g/mol. The molecule has 0 aromatic rings. The van der Waals surface area contributed by atoms with Crippen molar-refractivity contribution in [1.29, 1.82) is 0 Å². The van der Waals surface area contributed by atoms with Crippen molar-refractivity contribution in [3.8, 4) is 0 Å². The van der Waals surface area contributed by atoms with Crippen LogP contribution >= 0.6 is 0 Å². The van der Waals surface area contributed by atoms with E-state index in [9.17, 15) is 19.8 Å². The van der Waals surface area contributed by atoms with E-state index in [1.54, 1.807) is 0 Å². The number of nitrogens with zero attached hydrogens (tertiary/aromatic N) is 1. The zero-order chi connectivity index (χ0) is 14.7. The Labute approximate surface area is 116 Å². The van der Waals surface area contributed by atoms with Gasteiger partial charge in [0.2, 0.25) is 5.91 Å². The first kappa shape index (κ1) is 15.1. The summed E-state index contributed by atoms with van der Waals surface area (Å²) in [7, 11) is 0. The number of allylic oxidation sites excluding steroid dienone is 1. The minimum Gasteiger partial charge on any atom is -0.394 e. The Kier molecular flexibility index (Phi) is 4.87. The van der Waals surface area contributed by atoms with E-state index in [4.69, 9.17) is 9.47 Å². The van der Waals surface area contributed by atoms with Gasteiger partial charge in [-0.25, -0.2) is 0 Å². The fourth-order valence-electron chi connectivity index (χ4n) is 2.30. The van der Waals surface area contributed by atoms with Crippen LogP contribution in [0, 0.1) is 0 Å². The molecule has 20 heavy (non-hydrogen) atoms. The van der Waals surface area contributed by atoms with Gasteiger partial charge in [-0.2, -0.15) is 0 Å². The molecule has 4 atom stereocenters. The summed E-state index contributed by atoms with van der Waals surface area (Å²) in [6.45, 7) is 1.96. The summed E-state index contributed by atoms with van der Waals surface area (Å²) >= 11 is 0. The Balaban J connectivity index is 2.16. The van der Waals surface area contributed by atoms with Crippen LogP contribution in [0.15, 0.2) is 12.3 Å². The van der Waals surface area contributed by atoms with Gasteiger partial charge in [-0.05, 0) is 12.5 Å². The fourth-order valence-corrected chi connectivity index (χ4v) is 2.30. The van der Waals surface area contributed by atoms with Crippen LogP contribution in [-0.4, -0.2) is 64.6 Å². The molecule has 7 heteroatoms. The van der Waals surface area contributed by atoms with Crippen LogP contribution in [0.4, 0.5) is 0 Å². The molecule has 1 amide bonds. The molecule has 0 aromatic carbocycles. The summed E-state index contributed by atoms with van der Waals surface area (Å²) < 4.78 is 11.0. The number of aliphatic hydroxyl groups is 2. The molecule has 2 heterocycles. The van der Waals surface area contributed by atoms with Crippen molar-refractivity contribution < 1.29 is 29.3 Å². The molecule has 0 aliphatic carbocycles. The quantitative estimate of drug-likeness (QED) is 0.640. The minimum atomic E-state index is -1.02. The number of carbonyl (C=O) groups is 2. The van der Waals surface area contributed by atoms with E-state index in [0.29, 0.717) is 6.61 Å². The highest BCUT2D eigenvalue weighted by Gasteiger charge is 2.48. The zero-order valence-electron chi connectivity index (χ0n) is 11.3. The zero-order valence-corrected chi connectivity index (χ0v) is 11.3. The summed E-state index contributed by atoms with van der Waals surface area (Å²) in [6.07, 6.45) is -0.234. The van der Waals surface area contributed by atoms with Gasteiger partial charge in [0.1, 0.15) is 18.3 Å². The Morgan fingerprint density at radius 3 is 2.85 bits per heavy atom. The maximum absolute atomic E-state index is 11.9.